The Kier molecular flexibility index (Phi) is 4.41. The first-order valence-corrected chi connectivity index (χ1v) is 7.49. The number of carbonyl (C=O) groups is 1. The number of nitrogens with two attached hydrogens (primary N) is 1. The summed E-state index contributed by atoms with van der Waals surface area (Å²) in [7, 11) is 1.54. The number of pyridine rings is 1. The molecule has 1 aromatic carbocycles. The Morgan fingerprint density at radius 3 is 3.08 bits per heavy atom. The normalized spacial score (nSPS) is 16.9. The number of amides is 1. The molecule has 24 heavy (non-hydrogen) atoms. The zero-order valence-electron chi connectivity index (χ0n) is 13.1. The van der Waals surface area contributed by atoms with Crippen molar-refractivity contribution >= 4 is 12.4 Å². The molecule has 1 aliphatic heterocycles. The van der Waals surface area contributed by atoms with E-state index in [-0.39, 0.29) is 12.0 Å². The highest BCUT2D eigenvalue weighted by molar-refractivity contribution is 5.87. The Hall–Kier alpha value is -2.96. The molecular formula is C17H17FN4O2. The van der Waals surface area contributed by atoms with Gasteiger partial charge in [-0.25, -0.2) is 9.98 Å². The van der Waals surface area contributed by atoms with Gasteiger partial charge in [-0.05, 0) is 29.8 Å². The predicted molar refractivity (Wildman–Crippen MR) is 87.9 cm³/mol. The van der Waals surface area contributed by atoms with Gasteiger partial charge in [0, 0.05) is 30.8 Å². The summed E-state index contributed by atoms with van der Waals surface area (Å²) in [6, 6.07) is 8.50. The van der Waals surface area contributed by atoms with Crippen LogP contribution < -0.4 is 10.5 Å². The van der Waals surface area contributed by atoms with Gasteiger partial charge in [0.25, 0.3) is 0 Å². The molecule has 0 saturated heterocycles. The second-order valence-corrected chi connectivity index (χ2v) is 5.45. The van der Waals surface area contributed by atoms with Crippen molar-refractivity contribution in [1.29, 1.82) is 0 Å². The number of aromatic nitrogens is 1. The SMILES string of the molecule is CN(C=O)C(N)=N[C@@H]1CCOc2ccc(-c3cccnc3F)cc21. The second kappa shape index (κ2) is 6.66. The van der Waals surface area contributed by atoms with Crippen molar-refractivity contribution < 1.29 is 13.9 Å². The number of halogens is 1. The average molecular weight is 328 g/mol. The van der Waals surface area contributed by atoms with Gasteiger partial charge in [-0.3, -0.25) is 9.69 Å². The van der Waals surface area contributed by atoms with Crippen LogP contribution in [0.4, 0.5) is 4.39 Å². The van der Waals surface area contributed by atoms with E-state index in [0.29, 0.717) is 36.3 Å². The van der Waals surface area contributed by atoms with Gasteiger partial charge in [-0.1, -0.05) is 6.07 Å². The lowest BCUT2D eigenvalue weighted by molar-refractivity contribution is -0.114. The van der Waals surface area contributed by atoms with Gasteiger partial charge in [0.15, 0.2) is 5.96 Å². The number of fused-ring (bicyclic) bond motifs is 1. The molecular weight excluding hydrogens is 311 g/mol. The van der Waals surface area contributed by atoms with E-state index < -0.39 is 5.95 Å². The Balaban J connectivity index is 2.02. The van der Waals surface area contributed by atoms with Crippen LogP contribution in [-0.2, 0) is 4.79 Å². The van der Waals surface area contributed by atoms with Gasteiger partial charge >= 0.3 is 0 Å². The number of carbonyl (C=O) groups excluding carboxylic acids is 1. The van der Waals surface area contributed by atoms with E-state index in [9.17, 15) is 9.18 Å². The number of rotatable bonds is 3. The van der Waals surface area contributed by atoms with Crippen molar-refractivity contribution in [3.8, 4) is 16.9 Å². The fraction of sp³-hybridized carbons (Fsp3) is 0.235. The van der Waals surface area contributed by atoms with Gasteiger partial charge in [-0.2, -0.15) is 4.39 Å². The lowest BCUT2D eigenvalue weighted by atomic mass is 9.96. The highest BCUT2D eigenvalue weighted by Gasteiger charge is 2.23. The standard InChI is InChI=1S/C17H17FN4O2/c1-22(10-23)17(19)21-14-6-8-24-15-5-4-11(9-13(14)15)12-3-2-7-20-16(12)18/h2-5,7,9-10,14H,6,8H2,1H3,(H2,19,21)/t14-/m1/s1. The topological polar surface area (TPSA) is 80.8 Å². The van der Waals surface area contributed by atoms with E-state index in [1.54, 1.807) is 24.3 Å². The van der Waals surface area contributed by atoms with Gasteiger partial charge in [0.1, 0.15) is 5.75 Å². The summed E-state index contributed by atoms with van der Waals surface area (Å²) >= 11 is 0. The van der Waals surface area contributed by atoms with Crippen LogP contribution in [0.2, 0.25) is 0 Å². The van der Waals surface area contributed by atoms with Crippen molar-refractivity contribution in [2.75, 3.05) is 13.7 Å². The maximum Gasteiger partial charge on any atom is 0.220 e. The molecule has 124 valence electrons. The Bertz CT molecular complexity index is 794. The fourth-order valence-electron chi connectivity index (χ4n) is 2.58. The van der Waals surface area contributed by atoms with Gasteiger partial charge in [-0.15, -0.1) is 0 Å². The molecule has 0 bridgehead atoms. The van der Waals surface area contributed by atoms with E-state index in [2.05, 4.69) is 9.98 Å². The smallest absolute Gasteiger partial charge is 0.220 e. The molecule has 2 heterocycles. The molecule has 2 aromatic rings. The van der Waals surface area contributed by atoms with Crippen LogP contribution in [0.25, 0.3) is 11.1 Å². The van der Waals surface area contributed by atoms with Gasteiger partial charge in [0.2, 0.25) is 12.4 Å². The predicted octanol–water partition coefficient (Wildman–Crippen LogP) is 2.11. The number of hydrogen-bond donors (Lipinski definition) is 1. The maximum atomic E-state index is 13.9. The van der Waals surface area contributed by atoms with Crippen LogP contribution in [0.3, 0.4) is 0 Å². The monoisotopic (exact) mass is 328 g/mol. The summed E-state index contributed by atoms with van der Waals surface area (Å²) in [5, 5.41) is 0. The molecule has 6 nitrogen and oxygen atoms in total. The number of hydrogen-bond acceptors (Lipinski definition) is 4. The molecule has 0 aliphatic carbocycles. The molecule has 7 heteroatoms. The minimum absolute atomic E-state index is 0.126. The molecule has 0 radical (unpaired) electrons. The molecule has 0 fully saturated rings. The average Bonchev–Trinajstić information content (AvgIpc) is 2.61. The van der Waals surface area contributed by atoms with Crippen LogP contribution in [0, 0.1) is 5.95 Å². The van der Waals surface area contributed by atoms with Crippen molar-refractivity contribution in [3.63, 3.8) is 0 Å². The number of guanidine groups is 1. The first kappa shape index (κ1) is 15.9. The van der Waals surface area contributed by atoms with Crippen LogP contribution in [-0.4, -0.2) is 35.9 Å². The van der Waals surface area contributed by atoms with Crippen molar-refractivity contribution in [1.82, 2.24) is 9.88 Å². The molecule has 0 unspecified atom stereocenters. The number of ether oxygens (including phenoxy) is 1. The van der Waals surface area contributed by atoms with Crippen LogP contribution >= 0.6 is 0 Å². The third-order valence-corrected chi connectivity index (χ3v) is 3.90. The van der Waals surface area contributed by atoms with Crippen molar-refractivity contribution in [2.24, 2.45) is 10.7 Å². The molecule has 1 aliphatic rings. The largest absolute Gasteiger partial charge is 0.493 e. The maximum absolute atomic E-state index is 13.9. The lowest BCUT2D eigenvalue weighted by Crippen LogP contribution is -2.33. The van der Waals surface area contributed by atoms with E-state index in [1.165, 1.54) is 18.1 Å². The fourth-order valence-corrected chi connectivity index (χ4v) is 2.58. The first-order valence-electron chi connectivity index (χ1n) is 7.49. The summed E-state index contributed by atoms with van der Waals surface area (Å²) < 4.78 is 19.6. The van der Waals surface area contributed by atoms with Crippen molar-refractivity contribution in [2.45, 2.75) is 12.5 Å². The zero-order valence-corrected chi connectivity index (χ0v) is 13.1. The van der Waals surface area contributed by atoms with E-state index >= 15 is 0 Å². The Morgan fingerprint density at radius 2 is 2.33 bits per heavy atom. The lowest BCUT2D eigenvalue weighted by Gasteiger charge is -2.25. The summed E-state index contributed by atoms with van der Waals surface area (Å²) in [4.78, 5) is 20.1. The van der Waals surface area contributed by atoms with E-state index in [1.807, 2.05) is 6.07 Å². The molecule has 2 N–H and O–H groups in total. The Labute approximate surface area is 138 Å². The van der Waals surface area contributed by atoms with Crippen LogP contribution in [0.15, 0.2) is 41.5 Å². The molecule has 1 atom stereocenters. The molecule has 0 saturated carbocycles. The molecule has 0 spiro atoms. The highest BCUT2D eigenvalue weighted by atomic mass is 19.1. The van der Waals surface area contributed by atoms with Gasteiger partial charge in [0.05, 0.1) is 12.6 Å². The third kappa shape index (κ3) is 3.05. The van der Waals surface area contributed by atoms with Gasteiger partial charge < -0.3 is 10.5 Å². The molecule has 3 rings (SSSR count). The summed E-state index contributed by atoms with van der Waals surface area (Å²) in [6.07, 6.45) is 2.63. The van der Waals surface area contributed by atoms with Crippen molar-refractivity contribution in [3.05, 3.63) is 48.0 Å². The first-order chi connectivity index (χ1) is 11.6. The van der Waals surface area contributed by atoms with Crippen LogP contribution in [0.5, 0.6) is 5.75 Å². The van der Waals surface area contributed by atoms with E-state index in [0.717, 1.165) is 5.56 Å². The minimum atomic E-state index is -0.533. The summed E-state index contributed by atoms with van der Waals surface area (Å²) in [5.74, 6) is 0.278. The number of benzene rings is 1. The quantitative estimate of drug-likeness (QED) is 0.405. The third-order valence-electron chi connectivity index (χ3n) is 3.90. The summed E-state index contributed by atoms with van der Waals surface area (Å²) in [6.45, 7) is 0.500. The molecule has 1 aromatic heterocycles. The number of nitrogens with zero attached hydrogens (tertiary/aromatic N) is 3. The number of aliphatic imine (C=N–C) groups is 1. The van der Waals surface area contributed by atoms with E-state index in [4.69, 9.17) is 10.5 Å². The minimum Gasteiger partial charge on any atom is -0.493 e. The second-order valence-electron chi connectivity index (χ2n) is 5.45. The zero-order chi connectivity index (χ0) is 17.1. The Morgan fingerprint density at radius 1 is 1.50 bits per heavy atom. The summed E-state index contributed by atoms with van der Waals surface area (Å²) in [5.41, 5.74) is 7.73. The highest BCUT2D eigenvalue weighted by Crippen LogP contribution is 2.37. The molecule has 1 amide bonds. The van der Waals surface area contributed by atoms with Crippen LogP contribution in [0.1, 0.15) is 18.0 Å².